The molecule has 1 aromatic rings. The molecule has 0 heterocycles. The molecule has 0 fully saturated rings. The molecule has 4 nitrogen and oxygen atoms in total. The van der Waals surface area contributed by atoms with E-state index in [0.29, 0.717) is 17.1 Å². The summed E-state index contributed by atoms with van der Waals surface area (Å²) in [5, 5.41) is 19.4. The molecule has 0 aromatic heterocycles. The summed E-state index contributed by atoms with van der Waals surface area (Å²) in [4.78, 5) is 11.0. The van der Waals surface area contributed by atoms with E-state index in [1.807, 2.05) is 28.7 Å². The Bertz CT molecular complexity index is 359. The van der Waals surface area contributed by atoms with E-state index in [-0.39, 0.29) is 17.2 Å². The molecule has 0 bridgehead atoms. The standard InChI is InChI=1S/C9H10INO3S/c10-7-2-3-9(15-5-1-4-12)8(6-7)11(13)14/h2-3,6,12H,1,4-5H2. The number of nitro benzene ring substituents is 1. The lowest BCUT2D eigenvalue weighted by Crippen LogP contribution is -1.93. The molecular weight excluding hydrogens is 329 g/mol. The van der Waals surface area contributed by atoms with Crippen LogP contribution in [-0.2, 0) is 0 Å². The van der Waals surface area contributed by atoms with Crippen LogP contribution in [0.1, 0.15) is 6.42 Å². The lowest BCUT2D eigenvalue weighted by Gasteiger charge is -2.02. The molecule has 1 rings (SSSR count). The summed E-state index contributed by atoms with van der Waals surface area (Å²) in [6.07, 6.45) is 0.647. The zero-order valence-corrected chi connectivity index (χ0v) is 10.8. The lowest BCUT2D eigenvalue weighted by molar-refractivity contribution is -0.387. The number of aliphatic hydroxyl groups is 1. The molecule has 0 unspecified atom stereocenters. The van der Waals surface area contributed by atoms with Gasteiger partial charge in [0.25, 0.3) is 5.69 Å². The average molecular weight is 339 g/mol. The Morgan fingerprint density at radius 1 is 1.53 bits per heavy atom. The molecular formula is C9H10INO3S. The Kier molecular flexibility index (Phi) is 5.34. The van der Waals surface area contributed by atoms with Crippen LogP contribution >= 0.6 is 34.4 Å². The Morgan fingerprint density at radius 2 is 2.27 bits per heavy atom. The Labute approximate surface area is 105 Å². The number of rotatable bonds is 5. The van der Waals surface area contributed by atoms with E-state index in [4.69, 9.17) is 5.11 Å². The van der Waals surface area contributed by atoms with E-state index in [1.54, 1.807) is 12.1 Å². The zero-order valence-electron chi connectivity index (χ0n) is 7.85. The highest BCUT2D eigenvalue weighted by molar-refractivity contribution is 14.1. The average Bonchev–Trinajstić information content (AvgIpc) is 2.20. The highest BCUT2D eigenvalue weighted by Crippen LogP contribution is 2.30. The van der Waals surface area contributed by atoms with Crippen LogP contribution in [0.2, 0.25) is 0 Å². The summed E-state index contributed by atoms with van der Waals surface area (Å²) in [6, 6.07) is 5.15. The van der Waals surface area contributed by atoms with Gasteiger partial charge in [-0.05, 0) is 41.1 Å². The van der Waals surface area contributed by atoms with Gasteiger partial charge in [-0.2, -0.15) is 0 Å². The van der Waals surface area contributed by atoms with Gasteiger partial charge < -0.3 is 5.11 Å². The third kappa shape index (κ3) is 3.96. The van der Waals surface area contributed by atoms with Gasteiger partial charge in [0.15, 0.2) is 0 Å². The van der Waals surface area contributed by atoms with E-state index >= 15 is 0 Å². The molecule has 6 heteroatoms. The predicted octanol–water partition coefficient (Wildman–Crippen LogP) is 2.67. The molecule has 0 aliphatic rings. The molecule has 15 heavy (non-hydrogen) atoms. The van der Waals surface area contributed by atoms with Crippen molar-refractivity contribution < 1.29 is 10.0 Å². The SMILES string of the molecule is O=[N+]([O-])c1cc(I)ccc1SCCCO. The van der Waals surface area contributed by atoms with Gasteiger partial charge in [-0.25, -0.2) is 0 Å². The number of nitro groups is 1. The van der Waals surface area contributed by atoms with E-state index in [2.05, 4.69) is 0 Å². The molecule has 1 aromatic carbocycles. The second-order valence-corrected chi connectivity index (χ2v) is 5.18. The maximum atomic E-state index is 10.7. The van der Waals surface area contributed by atoms with Crippen molar-refractivity contribution in [2.45, 2.75) is 11.3 Å². The van der Waals surface area contributed by atoms with Gasteiger partial charge >= 0.3 is 0 Å². The summed E-state index contributed by atoms with van der Waals surface area (Å²) >= 11 is 3.45. The minimum atomic E-state index is -0.372. The smallest absolute Gasteiger partial charge is 0.283 e. The third-order valence-corrected chi connectivity index (χ3v) is 3.50. The number of hydrogen-bond acceptors (Lipinski definition) is 4. The van der Waals surface area contributed by atoms with E-state index in [1.165, 1.54) is 11.8 Å². The van der Waals surface area contributed by atoms with Crippen LogP contribution in [0.15, 0.2) is 23.1 Å². The first-order valence-corrected chi connectivity index (χ1v) is 6.39. The van der Waals surface area contributed by atoms with Gasteiger partial charge in [0, 0.05) is 22.0 Å². The number of halogens is 1. The lowest BCUT2D eigenvalue weighted by atomic mass is 10.3. The Morgan fingerprint density at radius 3 is 2.87 bits per heavy atom. The van der Waals surface area contributed by atoms with Crippen LogP contribution in [0, 0.1) is 13.7 Å². The Hall–Kier alpha value is -0.340. The van der Waals surface area contributed by atoms with Crippen molar-refractivity contribution in [1.29, 1.82) is 0 Å². The van der Waals surface area contributed by atoms with Gasteiger partial charge in [-0.3, -0.25) is 10.1 Å². The van der Waals surface area contributed by atoms with E-state index in [0.717, 1.165) is 3.57 Å². The summed E-state index contributed by atoms with van der Waals surface area (Å²) in [6.45, 7) is 0.116. The van der Waals surface area contributed by atoms with Crippen molar-refractivity contribution >= 4 is 40.0 Å². The van der Waals surface area contributed by atoms with Gasteiger partial charge in [-0.1, -0.05) is 0 Å². The van der Waals surface area contributed by atoms with Crippen molar-refractivity contribution in [3.8, 4) is 0 Å². The largest absolute Gasteiger partial charge is 0.396 e. The highest BCUT2D eigenvalue weighted by atomic mass is 127. The molecule has 0 radical (unpaired) electrons. The molecule has 0 atom stereocenters. The van der Waals surface area contributed by atoms with Crippen molar-refractivity contribution in [2.24, 2.45) is 0 Å². The summed E-state index contributed by atoms with van der Waals surface area (Å²) in [5.41, 5.74) is 0.143. The van der Waals surface area contributed by atoms with Crippen molar-refractivity contribution in [3.05, 3.63) is 31.9 Å². The summed E-state index contributed by atoms with van der Waals surface area (Å²) in [5.74, 6) is 0.692. The molecule has 0 saturated heterocycles. The fourth-order valence-electron chi connectivity index (χ4n) is 1.00. The van der Waals surface area contributed by atoms with Crippen LogP contribution in [-0.4, -0.2) is 22.4 Å². The topological polar surface area (TPSA) is 63.4 Å². The molecule has 0 spiro atoms. The third-order valence-electron chi connectivity index (χ3n) is 1.68. The highest BCUT2D eigenvalue weighted by Gasteiger charge is 2.13. The first-order chi connectivity index (χ1) is 7.15. The molecule has 0 aliphatic carbocycles. The van der Waals surface area contributed by atoms with Gasteiger partial charge in [0.1, 0.15) is 0 Å². The predicted molar refractivity (Wildman–Crippen MR) is 68.2 cm³/mol. The second kappa shape index (κ2) is 6.29. The minimum Gasteiger partial charge on any atom is -0.396 e. The first-order valence-electron chi connectivity index (χ1n) is 4.32. The Balaban J connectivity index is 2.81. The minimum absolute atomic E-state index is 0.116. The maximum Gasteiger partial charge on any atom is 0.283 e. The summed E-state index contributed by atoms with van der Waals surface area (Å²) in [7, 11) is 0. The number of hydrogen-bond donors (Lipinski definition) is 1. The number of nitrogens with zero attached hydrogens (tertiary/aromatic N) is 1. The van der Waals surface area contributed by atoms with Gasteiger partial charge in [0.2, 0.25) is 0 Å². The molecule has 0 amide bonds. The van der Waals surface area contributed by atoms with Crippen LogP contribution in [0.25, 0.3) is 0 Å². The van der Waals surface area contributed by atoms with Crippen molar-refractivity contribution in [3.63, 3.8) is 0 Å². The molecule has 1 N–H and O–H groups in total. The quantitative estimate of drug-likeness (QED) is 0.295. The van der Waals surface area contributed by atoms with Crippen molar-refractivity contribution in [2.75, 3.05) is 12.4 Å². The monoisotopic (exact) mass is 339 g/mol. The maximum absolute atomic E-state index is 10.7. The number of aliphatic hydroxyl groups excluding tert-OH is 1. The molecule has 0 aliphatic heterocycles. The van der Waals surface area contributed by atoms with Gasteiger partial charge in [-0.15, -0.1) is 11.8 Å². The van der Waals surface area contributed by atoms with Crippen molar-refractivity contribution in [1.82, 2.24) is 0 Å². The second-order valence-electron chi connectivity index (χ2n) is 2.79. The molecule has 0 saturated carbocycles. The van der Waals surface area contributed by atoms with Crippen LogP contribution in [0.4, 0.5) is 5.69 Å². The normalized spacial score (nSPS) is 10.3. The fourth-order valence-corrected chi connectivity index (χ4v) is 2.42. The molecule has 82 valence electrons. The fraction of sp³-hybridized carbons (Fsp3) is 0.333. The summed E-state index contributed by atoms with van der Waals surface area (Å²) < 4.78 is 0.853. The van der Waals surface area contributed by atoms with Gasteiger partial charge in [0.05, 0.1) is 9.82 Å². The first kappa shape index (κ1) is 12.7. The van der Waals surface area contributed by atoms with E-state index < -0.39 is 0 Å². The number of benzene rings is 1. The van der Waals surface area contributed by atoms with Crippen LogP contribution in [0.3, 0.4) is 0 Å². The van der Waals surface area contributed by atoms with E-state index in [9.17, 15) is 10.1 Å². The number of thioether (sulfide) groups is 1. The van der Waals surface area contributed by atoms with Crippen LogP contribution < -0.4 is 0 Å². The van der Waals surface area contributed by atoms with Crippen LogP contribution in [0.5, 0.6) is 0 Å². The zero-order chi connectivity index (χ0) is 11.3.